The number of aromatic nitrogens is 4. The smallest absolute Gasteiger partial charge is 0.165 e. The number of rotatable bonds is 4. The van der Waals surface area contributed by atoms with Gasteiger partial charge < -0.3 is 5.32 Å². The molecule has 0 aliphatic rings. The first-order valence-corrected chi connectivity index (χ1v) is 7.83. The summed E-state index contributed by atoms with van der Waals surface area (Å²) in [6.07, 6.45) is 1.83. The summed E-state index contributed by atoms with van der Waals surface area (Å²) in [5, 5.41) is 7.60. The Hall–Kier alpha value is -1.18. The van der Waals surface area contributed by atoms with Crippen molar-refractivity contribution >= 4 is 28.4 Å². The van der Waals surface area contributed by atoms with Crippen molar-refractivity contribution in [3.8, 4) is 11.4 Å². The quantitative estimate of drug-likeness (QED) is 0.821. The van der Waals surface area contributed by atoms with Gasteiger partial charge in [0, 0.05) is 19.3 Å². The molecule has 1 N–H and O–H groups in total. The highest BCUT2D eigenvalue weighted by Gasteiger charge is 2.17. The highest BCUT2D eigenvalue weighted by molar-refractivity contribution is 14.1. The fourth-order valence-corrected chi connectivity index (χ4v) is 3.02. The summed E-state index contributed by atoms with van der Waals surface area (Å²) >= 11 is 2.32. The highest BCUT2D eigenvalue weighted by atomic mass is 127. The third-order valence-electron chi connectivity index (χ3n) is 3.24. The second-order valence-electron chi connectivity index (χ2n) is 5.05. The van der Waals surface area contributed by atoms with Crippen LogP contribution in [0.1, 0.15) is 38.1 Å². The van der Waals surface area contributed by atoms with Crippen LogP contribution in [0.25, 0.3) is 11.4 Å². The van der Waals surface area contributed by atoms with Crippen LogP contribution >= 0.6 is 22.6 Å². The van der Waals surface area contributed by atoms with E-state index in [4.69, 9.17) is 4.98 Å². The summed E-state index contributed by atoms with van der Waals surface area (Å²) in [5.41, 5.74) is 3.14. The van der Waals surface area contributed by atoms with E-state index in [1.54, 1.807) is 0 Å². The molecule has 108 valence electrons. The molecule has 5 nitrogen and oxygen atoms in total. The molecule has 2 aromatic heterocycles. The summed E-state index contributed by atoms with van der Waals surface area (Å²) in [7, 11) is 1.93. The number of nitrogens with one attached hydrogen (secondary N) is 1. The van der Waals surface area contributed by atoms with Gasteiger partial charge in [-0.3, -0.25) is 4.68 Å². The van der Waals surface area contributed by atoms with E-state index in [0.717, 1.165) is 38.7 Å². The summed E-state index contributed by atoms with van der Waals surface area (Å²) in [4.78, 5) is 9.41. The first-order chi connectivity index (χ1) is 9.45. The lowest BCUT2D eigenvalue weighted by Gasteiger charge is -2.14. The van der Waals surface area contributed by atoms with Gasteiger partial charge in [-0.15, -0.1) is 0 Å². The fourth-order valence-electron chi connectivity index (χ4n) is 1.97. The number of aryl methyl sites for hydroxylation is 1. The molecule has 0 atom stereocenters. The molecule has 0 saturated heterocycles. The van der Waals surface area contributed by atoms with E-state index >= 15 is 0 Å². The lowest BCUT2D eigenvalue weighted by Crippen LogP contribution is -2.09. The minimum Gasteiger partial charge on any atom is -0.369 e. The van der Waals surface area contributed by atoms with E-state index in [2.05, 4.69) is 58.8 Å². The number of halogens is 1. The second kappa shape index (κ2) is 6.07. The Morgan fingerprint density at radius 1 is 1.35 bits per heavy atom. The van der Waals surface area contributed by atoms with Gasteiger partial charge in [-0.1, -0.05) is 13.8 Å². The Bertz CT molecular complexity index is 618. The zero-order chi connectivity index (χ0) is 14.9. The van der Waals surface area contributed by atoms with Crippen LogP contribution in [-0.2, 0) is 7.05 Å². The van der Waals surface area contributed by atoms with Crippen LogP contribution in [0.4, 0.5) is 5.82 Å². The van der Waals surface area contributed by atoms with Crippen LogP contribution in [0, 0.1) is 10.5 Å². The van der Waals surface area contributed by atoms with Crippen LogP contribution < -0.4 is 5.32 Å². The van der Waals surface area contributed by atoms with Gasteiger partial charge in [-0.2, -0.15) is 5.10 Å². The lowest BCUT2D eigenvalue weighted by molar-refractivity contribution is 0.740. The number of hydrogen-bond donors (Lipinski definition) is 1. The maximum Gasteiger partial charge on any atom is 0.165 e. The molecule has 0 aromatic carbocycles. The Morgan fingerprint density at radius 2 is 2.05 bits per heavy atom. The molecule has 0 saturated carbocycles. The van der Waals surface area contributed by atoms with E-state index in [1.807, 2.05) is 24.9 Å². The van der Waals surface area contributed by atoms with E-state index in [9.17, 15) is 0 Å². The first kappa shape index (κ1) is 15.2. The largest absolute Gasteiger partial charge is 0.369 e. The molecule has 0 bridgehead atoms. The van der Waals surface area contributed by atoms with Gasteiger partial charge in [0.25, 0.3) is 0 Å². The van der Waals surface area contributed by atoms with Crippen LogP contribution in [0.5, 0.6) is 0 Å². The number of nitrogens with zero attached hydrogens (tertiary/aromatic N) is 4. The topological polar surface area (TPSA) is 55.6 Å². The fraction of sp³-hybridized carbons (Fsp3) is 0.500. The van der Waals surface area contributed by atoms with Crippen molar-refractivity contribution in [2.24, 2.45) is 7.05 Å². The minimum absolute atomic E-state index is 0.359. The van der Waals surface area contributed by atoms with Crippen LogP contribution in [-0.4, -0.2) is 26.3 Å². The first-order valence-electron chi connectivity index (χ1n) is 6.76. The maximum atomic E-state index is 4.75. The standard InChI is InChI=1S/C14H20IN5/c1-6-16-14-11(15)12(8(2)3)18-13(19-14)10-7-17-20(5)9(10)4/h7-8H,6H2,1-5H3,(H,16,18,19). The van der Waals surface area contributed by atoms with Crippen molar-refractivity contribution in [1.82, 2.24) is 19.7 Å². The Kier molecular flexibility index (Phi) is 4.62. The summed E-state index contributed by atoms with van der Waals surface area (Å²) < 4.78 is 2.95. The molecule has 0 fully saturated rings. The van der Waals surface area contributed by atoms with Gasteiger partial charge >= 0.3 is 0 Å². The van der Waals surface area contributed by atoms with Crippen molar-refractivity contribution in [2.45, 2.75) is 33.6 Å². The highest BCUT2D eigenvalue weighted by Crippen LogP contribution is 2.29. The Balaban J connectivity index is 2.62. The van der Waals surface area contributed by atoms with E-state index in [-0.39, 0.29) is 0 Å². The summed E-state index contributed by atoms with van der Waals surface area (Å²) in [6, 6.07) is 0. The van der Waals surface area contributed by atoms with Gasteiger partial charge in [-0.25, -0.2) is 9.97 Å². The average Bonchev–Trinajstić information content (AvgIpc) is 2.72. The molecule has 0 spiro atoms. The van der Waals surface area contributed by atoms with Gasteiger partial charge in [0.15, 0.2) is 5.82 Å². The Labute approximate surface area is 133 Å². The maximum absolute atomic E-state index is 4.75. The van der Waals surface area contributed by atoms with Gasteiger partial charge in [0.1, 0.15) is 5.82 Å². The molecule has 2 heterocycles. The number of anilines is 1. The van der Waals surface area contributed by atoms with Crippen molar-refractivity contribution in [3.05, 3.63) is 21.2 Å². The van der Waals surface area contributed by atoms with Crippen molar-refractivity contribution in [2.75, 3.05) is 11.9 Å². The third kappa shape index (κ3) is 2.79. The molecule has 2 aromatic rings. The normalized spacial score (nSPS) is 11.2. The zero-order valence-corrected chi connectivity index (χ0v) is 14.7. The zero-order valence-electron chi connectivity index (χ0n) is 12.5. The molecule has 0 unspecified atom stereocenters. The third-order valence-corrected chi connectivity index (χ3v) is 4.31. The van der Waals surface area contributed by atoms with Crippen molar-refractivity contribution in [3.63, 3.8) is 0 Å². The van der Waals surface area contributed by atoms with E-state index < -0.39 is 0 Å². The van der Waals surface area contributed by atoms with Crippen LogP contribution in [0.3, 0.4) is 0 Å². The molecular formula is C14H20IN5. The predicted molar refractivity (Wildman–Crippen MR) is 89.9 cm³/mol. The molecule has 20 heavy (non-hydrogen) atoms. The van der Waals surface area contributed by atoms with Crippen LogP contribution in [0.15, 0.2) is 6.20 Å². The second-order valence-corrected chi connectivity index (χ2v) is 6.13. The van der Waals surface area contributed by atoms with Gasteiger partial charge in [0.2, 0.25) is 0 Å². The van der Waals surface area contributed by atoms with Crippen LogP contribution in [0.2, 0.25) is 0 Å². The minimum atomic E-state index is 0.359. The average molecular weight is 385 g/mol. The predicted octanol–water partition coefficient (Wildman–Crippen LogP) is 3.35. The number of hydrogen-bond acceptors (Lipinski definition) is 4. The summed E-state index contributed by atoms with van der Waals surface area (Å²) in [6.45, 7) is 9.25. The molecule has 6 heteroatoms. The molecule has 0 aliphatic carbocycles. The van der Waals surface area contributed by atoms with E-state index in [1.165, 1.54) is 0 Å². The lowest BCUT2D eigenvalue weighted by atomic mass is 10.1. The van der Waals surface area contributed by atoms with Gasteiger partial charge in [0.05, 0.1) is 21.0 Å². The van der Waals surface area contributed by atoms with Crippen molar-refractivity contribution < 1.29 is 0 Å². The molecule has 0 amide bonds. The molecule has 0 radical (unpaired) electrons. The molecule has 0 aliphatic heterocycles. The summed E-state index contributed by atoms with van der Waals surface area (Å²) in [5.74, 6) is 2.01. The monoisotopic (exact) mass is 385 g/mol. The van der Waals surface area contributed by atoms with Crippen molar-refractivity contribution in [1.29, 1.82) is 0 Å². The molecular weight excluding hydrogens is 365 g/mol. The van der Waals surface area contributed by atoms with Gasteiger partial charge in [-0.05, 0) is 42.4 Å². The molecule has 2 rings (SSSR count). The SMILES string of the molecule is CCNc1nc(-c2cnn(C)c2C)nc(C(C)C)c1I. The Morgan fingerprint density at radius 3 is 2.55 bits per heavy atom. The van der Waals surface area contributed by atoms with E-state index in [0.29, 0.717) is 5.92 Å².